The third-order valence-electron chi connectivity index (χ3n) is 4.39. The largest absolute Gasteiger partial charge is 0.462 e. The first-order valence-electron chi connectivity index (χ1n) is 8.81. The van der Waals surface area contributed by atoms with E-state index < -0.39 is 5.97 Å². The highest BCUT2D eigenvalue weighted by Crippen LogP contribution is 2.19. The van der Waals surface area contributed by atoms with Crippen molar-refractivity contribution in [1.82, 2.24) is 9.88 Å². The maximum atomic E-state index is 12.6. The first kappa shape index (κ1) is 17.9. The highest BCUT2D eigenvalue weighted by atomic mass is 16.5. The SMILES string of the molecule is CCOC(=O)c1ccc(NC2CCN(Cc3ccc(C)cc3)C2=O)nc1. The number of carbonyl (C=O) groups is 2. The fourth-order valence-electron chi connectivity index (χ4n) is 2.94. The average molecular weight is 353 g/mol. The second kappa shape index (κ2) is 7.99. The smallest absolute Gasteiger partial charge is 0.339 e. The van der Waals surface area contributed by atoms with Gasteiger partial charge in [-0.05, 0) is 38.0 Å². The predicted octanol–water partition coefficient (Wildman–Crippen LogP) is 2.78. The van der Waals surface area contributed by atoms with Crippen LogP contribution >= 0.6 is 0 Å². The first-order chi connectivity index (χ1) is 12.6. The lowest BCUT2D eigenvalue weighted by atomic mass is 10.1. The van der Waals surface area contributed by atoms with Gasteiger partial charge in [0.15, 0.2) is 0 Å². The Morgan fingerprint density at radius 3 is 2.69 bits per heavy atom. The van der Waals surface area contributed by atoms with E-state index in [9.17, 15) is 9.59 Å². The molecule has 6 heteroatoms. The molecule has 0 bridgehead atoms. The lowest BCUT2D eigenvalue weighted by Crippen LogP contribution is -2.33. The number of hydrogen-bond donors (Lipinski definition) is 1. The van der Waals surface area contributed by atoms with Crippen LogP contribution in [0.25, 0.3) is 0 Å². The van der Waals surface area contributed by atoms with Crippen molar-refractivity contribution in [2.24, 2.45) is 0 Å². The zero-order valence-corrected chi connectivity index (χ0v) is 15.1. The number of hydrogen-bond acceptors (Lipinski definition) is 5. The molecule has 136 valence electrons. The van der Waals surface area contributed by atoms with Crippen LogP contribution in [0.5, 0.6) is 0 Å². The second-order valence-electron chi connectivity index (χ2n) is 6.38. The van der Waals surface area contributed by atoms with E-state index in [1.807, 2.05) is 11.8 Å². The van der Waals surface area contributed by atoms with Crippen LogP contribution in [0.2, 0.25) is 0 Å². The number of benzene rings is 1. The third kappa shape index (κ3) is 4.20. The van der Waals surface area contributed by atoms with Gasteiger partial charge in [-0.3, -0.25) is 4.79 Å². The standard InChI is InChI=1S/C20H23N3O3/c1-3-26-20(25)16-8-9-18(21-12-16)22-17-10-11-23(19(17)24)13-15-6-4-14(2)5-7-15/h4-9,12,17H,3,10-11,13H2,1-2H3,(H,21,22). The number of carbonyl (C=O) groups excluding carboxylic acids is 2. The molecule has 0 radical (unpaired) electrons. The van der Waals surface area contributed by atoms with Gasteiger partial charge >= 0.3 is 5.97 Å². The molecule has 1 unspecified atom stereocenters. The molecule has 1 saturated heterocycles. The zero-order valence-electron chi connectivity index (χ0n) is 15.1. The van der Waals surface area contributed by atoms with Crippen molar-refractivity contribution >= 4 is 17.7 Å². The van der Waals surface area contributed by atoms with Crippen LogP contribution in [0.15, 0.2) is 42.6 Å². The molecule has 0 spiro atoms. The topological polar surface area (TPSA) is 71.5 Å². The Labute approximate surface area is 153 Å². The summed E-state index contributed by atoms with van der Waals surface area (Å²) in [5.41, 5.74) is 2.73. The quantitative estimate of drug-likeness (QED) is 0.809. The van der Waals surface area contributed by atoms with Gasteiger partial charge in [-0.15, -0.1) is 0 Å². The van der Waals surface area contributed by atoms with Gasteiger partial charge in [0, 0.05) is 19.3 Å². The van der Waals surface area contributed by atoms with Crippen molar-refractivity contribution in [3.8, 4) is 0 Å². The fourth-order valence-corrected chi connectivity index (χ4v) is 2.94. The summed E-state index contributed by atoms with van der Waals surface area (Å²) in [7, 11) is 0. The minimum atomic E-state index is -0.396. The molecular weight excluding hydrogens is 330 g/mol. The Morgan fingerprint density at radius 2 is 2.04 bits per heavy atom. The van der Waals surface area contributed by atoms with Gasteiger partial charge in [0.2, 0.25) is 5.91 Å². The molecule has 3 rings (SSSR count). The number of pyridine rings is 1. The minimum absolute atomic E-state index is 0.0712. The lowest BCUT2D eigenvalue weighted by molar-refractivity contribution is -0.128. The molecular formula is C20H23N3O3. The Kier molecular flexibility index (Phi) is 5.51. The molecule has 26 heavy (non-hydrogen) atoms. The molecule has 2 aromatic rings. The van der Waals surface area contributed by atoms with Crippen molar-refractivity contribution in [1.29, 1.82) is 0 Å². The number of esters is 1. The average Bonchev–Trinajstić information content (AvgIpc) is 2.98. The van der Waals surface area contributed by atoms with Crippen LogP contribution in [0.4, 0.5) is 5.82 Å². The Balaban J connectivity index is 1.58. The summed E-state index contributed by atoms with van der Waals surface area (Å²) in [6.07, 6.45) is 2.19. The van der Waals surface area contributed by atoms with E-state index in [-0.39, 0.29) is 11.9 Å². The highest BCUT2D eigenvalue weighted by molar-refractivity contribution is 5.89. The van der Waals surface area contributed by atoms with Gasteiger partial charge in [0.1, 0.15) is 11.9 Å². The number of rotatable bonds is 6. The van der Waals surface area contributed by atoms with E-state index in [0.717, 1.165) is 12.0 Å². The molecule has 1 aliphatic heterocycles. The van der Waals surface area contributed by atoms with E-state index >= 15 is 0 Å². The molecule has 0 saturated carbocycles. The zero-order chi connectivity index (χ0) is 18.5. The van der Waals surface area contributed by atoms with Crippen LogP contribution in [-0.4, -0.2) is 41.0 Å². The van der Waals surface area contributed by atoms with Crippen LogP contribution in [0.1, 0.15) is 34.8 Å². The number of anilines is 1. The van der Waals surface area contributed by atoms with Gasteiger partial charge in [0.25, 0.3) is 0 Å². The predicted molar refractivity (Wildman–Crippen MR) is 98.8 cm³/mol. The number of aromatic nitrogens is 1. The van der Waals surface area contributed by atoms with Gasteiger partial charge in [0.05, 0.1) is 12.2 Å². The Hall–Kier alpha value is -2.89. The summed E-state index contributed by atoms with van der Waals surface area (Å²) in [6, 6.07) is 11.3. The molecule has 1 amide bonds. The van der Waals surface area contributed by atoms with Gasteiger partial charge < -0.3 is 15.0 Å². The summed E-state index contributed by atoms with van der Waals surface area (Å²) < 4.78 is 4.94. The fraction of sp³-hybridized carbons (Fsp3) is 0.350. The molecule has 1 fully saturated rings. The second-order valence-corrected chi connectivity index (χ2v) is 6.38. The van der Waals surface area contributed by atoms with Crippen LogP contribution in [-0.2, 0) is 16.1 Å². The van der Waals surface area contributed by atoms with Crippen molar-refractivity contribution in [2.75, 3.05) is 18.5 Å². The van der Waals surface area contributed by atoms with Gasteiger partial charge in [-0.2, -0.15) is 0 Å². The number of nitrogens with one attached hydrogen (secondary N) is 1. The van der Waals surface area contributed by atoms with E-state index in [1.54, 1.807) is 19.1 Å². The normalized spacial score (nSPS) is 16.6. The molecule has 1 atom stereocenters. The van der Waals surface area contributed by atoms with Crippen molar-refractivity contribution in [3.63, 3.8) is 0 Å². The van der Waals surface area contributed by atoms with E-state index in [4.69, 9.17) is 4.74 Å². The summed E-state index contributed by atoms with van der Waals surface area (Å²) in [6.45, 7) is 5.46. The molecule has 0 aliphatic carbocycles. The number of aryl methyl sites for hydroxylation is 1. The van der Waals surface area contributed by atoms with Gasteiger partial charge in [-0.25, -0.2) is 9.78 Å². The third-order valence-corrected chi connectivity index (χ3v) is 4.39. The number of ether oxygens (including phenoxy) is 1. The van der Waals surface area contributed by atoms with Crippen LogP contribution in [0.3, 0.4) is 0 Å². The van der Waals surface area contributed by atoms with E-state index in [1.165, 1.54) is 11.8 Å². The number of likely N-dealkylation sites (tertiary alicyclic amines) is 1. The summed E-state index contributed by atoms with van der Waals surface area (Å²) in [5.74, 6) is 0.253. The Morgan fingerprint density at radius 1 is 1.27 bits per heavy atom. The monoisotopic (exact) mass is 353 g/mol. The summed E-state index contributed by atoms with van der Waals surface area (Å²) in [5, 5.41) is 3.16. The first-order valence-corrected chi connectivity index (χ1v) is 8.81. The maximum absolute atomic E-state index is 12.6. The molecule has 1 N–H and O–H groups in total. The van der Waals surface area contributed by atoms with Crippen LogP contribution < -0.4 is 5.32 Å². The lowest BCUT2D eigenvalue weighted by Gasteiger charge is -2.17. The molecule has 1 aromatic carbocycles. The molecule has 1 aliphatic rings. The molecule has 6 nitrogen and oxygen atoms in total. The Bertz CT molecular complexity index is 772. The number of amides is 1. The highest BCUT2D eigenvalue weighted by Gasteiger charge is 2.31. The van der Waals surface area contributed by atoms with Crippen LogP contribution in [0, 0.1) is 6.92 Å². The molecule has 2 heterocycles. The van der Waals surface area contributed by atoms with Crippen molar-refractivity contribution < 1.29 is 14.3 Å². The summed E-state index contributed by atoms with van der Waals surface area (Å²) >= 11 is 0. The minimum Gasteiger partial charge on any atom is -0.462 e. The van der Waals surface area contributed by atoms with E-state index in [0.29, 0.717) is 31.1 Å². The van der Waals surface area contributed by atoms with Crippen molar-refractivity contribution in [2.45, 2.75) is 32.9 Å². The number of nitrogens with zero attached hydrogens (tertiary/aromatic N) is 2. The van der Waals surface area contributed by atoms with E-state index in [2.05, 4.69) is 34.6 Å². The summed E-state index contributed by atoms with van der Waals surface area (Å²) in [4.78, 5) is 30.3. The van der Waals surface area contributed by atoms with Gasteiger partial charge in [-0.1, -0.05) is 29.8 Å². The van der Waals surface area contributed by atoms with Crippen molar-refractivity contribution in [3.05, 3.63) is 59.3 Å². The maximum Gasteiger partial charge on any atom is 0.339 e. The molecule has 1 aromatic heterocycles.